The molecule has 2 rings (SSSR count). The van der Waals surface area contributed by atoms with Gasteiger partial charge >= 0.3 is 0 Å². The van der Waals surface area contributed by atoms with Gasteiger partial charge < -0.3 is 5.73 Å². The Morgan fingerprint density at radius 3 is 2.36 bits per heavy atom. The summed E-state index contributed by atoms with van der Waals surface area (Å²) in [6.07, 6.45) is 2.68. The third-order valence-electron chi connectivity index (χ3n) is 3.09. The van der Waals surface area contributed by atoms with Gasteiger partial charge in [0.1, 0.15) is 6.17 Å². The van der Waals surface area contributed by atoms with Crippen LogP contribution in [0.2, 0.25) is 0 Å². The topological polar surface area (TPSA) is 26.0 Å². The third kappa shape index (κ3) is 1.89. The number of rotatable bonds is 1. The number of hydrogen-bond acceptors (Lipinski definition) is 1. The van der Waals surface area contributed by atoms with Gasteiger partial charge in [0.2, 0.25) is 0 Å². The molecule has 0 heterocycles. The molecule has 0 bridgehead atoms. The van der Waals surface area contributed by atoms with Crippen LogP contribution in [0.4, 0.5) is 10.1 Å². The monoisotopic (exact) mass is 193 g/mol. The Morgan fingerprint density at radius 1 is 1.07 bits per heavy atom. The summed E-state index contributed by atoms with van der Waals surface area (Å²) < 4.78 is 12.9. The highest BCUT2D eigenvalue weighted by atomic mass is 19.1. The van der Waals surface area contributed by atoms with E-state index in [1.54, 1.807) is 0 Å². The van der Waals surface area contributed by atoms with E-state index in [1.165, 1.54) is 5.56 Å². The molecule has 1 aromatic rings. The van der Waals surface area contributed by atoms with Crippen molar-refractivity contribution in [1.29, 1.82) is 0 Å². The lowest BCUT2D eigenvalue weighted by Crippen LogP contribution is -2.14. The average Bonchev–Trinajstić information content (AvgIpc) is 2.20. The molecule has 0 radical (unpaired) electrons. The van der Waals surface area contributed by atoms with Gasteiger partial charge in [-0.2, -0.15) is 0 Å². The highest BCUT2D eigenvalue weighted by Gasteiger charge is 2.22. The Hall–Kier alpha value is -1.05. The van der Waals surface area contributed by atoms with E-state index in [0.717, 1.165) is 18.5 Å². The summed E-state index contributed by atoms with van der Waals surface area (Å²) in [4.78, 5) is 0. The van der Waals surface area contributed by atoms with E-state index in [0.29, 0.717) is 18.8 Å². The Balaban J connectivity index is 2.12. The molecule has 1 aliphatic carbocycles. The minimum absolute atomic E-state index is 0.475. The maximum Gasteiger partial charge on any atom is 0.100 e. The maximum atomic E-state index is 12.9. The van der Waals surface area contributed by atoms with Crippen molar-refractivity contribution in [2.45, 2.75) is 37.8 Å². The van der Waals surface area contributed by atoms with Gasteiger partial charge in [0.15, 0.2) is 0 Å². The van der Waals surface area contributed by atoms with Gasteiger partial charge in [-0.1, -0.05) is 18.2 Å². The molecule has 1 saturated carbocycles. The lowest BCUT2D eigenvalue weighted by atomic mass is 9.82. The van der Waals surface area contributed by atoms with Crippen LogP contribution in [-0.2, 0) is 0 Å². The molecule has 0 aromatic heterocycles. The molecule has 0 aliphatic heterocycles. The predicted octanol–water partition coefficient (Wildman–Crippen LogP) is 3.26. The van der Waals surface area contributed by atoms with Gasteiger partial charge in [0.25, 0.3) is 0 Å². The van der Waals surface area contributed by atoms with Crippen LogP contribution in [0.1, 0.15) is 37.2 Å². The fourth-order valence-electron chi connectivity index (χ4n) is 2.25. The number of alkyl halides is 1. The molecular formula is C12H16FN. The number of hydrogen-bond donors (Lipinski definition) is 1. The van der Waals surface area contributed by atoms with Crippen LogP contribution in [0.15, 0.2) is 24.3 Å². The second-order valence-corrected chi connectivity index (χ2v) is 4.08. The Labute approximate surface area is 84.1 Å². The fourth-order valence-corrected chi connectivity index (χ4v) is 2.25. The predicted molar refractivity (Wildman–Crippen MR) is 57.0 cm³/mol. The molecule has 1 aliphatic rings. The zero-order chi connectivity index (χ0) is 9.97. The van der Waals surface area contributed by atoms with Crippen LogP contribution in [0.25, 0.3) is 0 Å². The van der Waals surface area contributed by atoms with Crippen molar-refractivity contribution in [3.8, 4) is 0 Å². The summed E-state index contributed by atoms with van der Waals surface area (Å²) >= 11 is 0. The first kappa shape index (κ1) is 9.50. The third-order valence-corrected chi connectivity index (χ3v) is 3.09. The van der Waals surface area contributed by atoms with E-state index in [2.05, 4.69) is 6.07 Å². The summed E-state index contributed by atoms with van der Waals surface area (Å²) in [6.45, 7) is 0. The van der Waals surface area contributed by atoms with Gasteiger partial charge in [0.05, 0.1) is 0 Å². The van der Waals surface area contributed by atoms with Crippen LogP contribution in [0.5, 0.6) is 0 Å². The molecule has 76 valence electrons. The Bertz CT molecular complexity index is 303. The normalized spacial score (nSPS) is 27.5. The molecule has 0 atom stereocenters. The minimum Gasteiger partial charge on any atom is -0.398 e. The number of anilines is 1. The van der Waals surface area contributed by atoms with Crippen LogP contribution >= 0.6 is 0 Å². The number of para-hydroxylation sites is 1. The molecule has 2 N–H and O–H groups in total. The average molecular weight is 193 g/mol. The van der Waals surface area contributed by atoms with E-state index >= 15 is 0 Å². The van der Waals surface area contributed by atoms with Crippen molar-refractivity contribution in [3.63, 3.8) is 0 Å². The molecule has 1 nitrogen and oxygen atoms in total. The Kier molecular flexibility index (Phi) is 2.71. The zero-order valence-electron chi connectivity index (χ0n) is 8.25. The van der Waals surface area contributed by atoms with E-state index in [9.17, 15) is 4.39 Å². The zero-order valence-corrected chi connectivity index (χ0v) is 8.25. The van der Waals surface area contributed by atoms with Gasteiger partial charge in [-0.05, 0) is 43.2 Å². The standard InChI is InChI=1S/C12H16FN/c13-10-7-5-9(6-8-10)11-3-1-2-4-12(11)14/h1-4,9-10H,5-8,14H2. The number of nitrogen functional groups attached to an aromatic ring is 1. The van der Waals surface area contributed by atoms with Crippen LogP contribution < -0.4 is 5.73 Å². The highest BCUT2D eigenvalue weighted by molar-refractivity contribution is 5.48. The molecule has 0 spiro atoms. The first-order chi connectivity index (χ1) is 6.77. The highest BCUT2D eigenvalue weighted by Crippen LogP contribution is 2.36. The minimum atomic E-state index is -0.587. The largest absolute Gasteiger partial charge is 0.398 e. The van der Waals surface area contributed by atoms with Crippen molar-refractivity contribution in [3.05, 3.63) is 29.8 Å². The second kappa shape index (κ2) is 3.99. The van der Waals surface area contributed by atoms with Crippen LogP contribution in [-0.4, -0.2) is 6.17 Å². The van der Waals surface area contributed by atoms with E-state index < -0.39 is 6.17 Å². The summed E-state index contributed by atoms with van der Waals surface area (Å²) in [5.74, 6) is 0.475. The van der Waals surface area contributed by atoms with Gasteiger partial charge in [-0.25, -0.2) is 4.39 Å². The first-order valence-electron chi connectivity index (χ1n) is 5.26. The fraction of sp³-hybridized carbons (Fsp3) is 0.500. The van der Waals surface area contributed by atoms with E-state index in [4.69, 9.17) is 5.73 Å². The first-order valence-corrected chi connectivity index (χ1v) is 5.26. The lowest BCUT2D eigenvalue weighted by molar-refractivity contribution is 0.235. The molecule has 0 amide bonds. The number of nitrogens with two attached hydrogens (primary N) is 1. The lowest BCUT2D eigenvalue weighted by Gasteiger charge is -2.25. The van der Waals surface area contributed by atoms with Gasteiger partial charge in [0, 0.05) is 5.69 Å². The van der Waals surface area contributed by atoms with Crippen molar-refractivity contribution in [2.75, 3.05) is 5.73 Å². The Morgan fingerprint density at radius 2 is 1.71 bits per heavy atom. The second-order valence-electron chi connectivity index (χ2n) is 4.08. The summed E-state index contributed by atoms with van der Waals surface area (Å²) in [5.41, 5.74) is 7.96. The molecule has 0 unspecified atom stereocenters. The van der Waals surface area contributed by atoms with E-state index in [-0.39, 0.29) is 0 Å². The molecule has 2 heteroatoms. The maximum absolute atomic E-state index is 12.9. The van der Waals surface area contributed by atoms with Crippen LogP contribution in [0.3, 0.4) is 0 Å². The van der Waals surface area contributed by atoms with Crippen molar-refractivity contribution < 1.29 is 4.39 Å². The van der Waals surface area contributed by atoms with Gasteiger partial charge in [-0.3, -0.25) is 0 Å². The van der Waals surface area contributed by atoms with Crippen molar-refractivity contribution >= 4 is 5.69 Å². The van der Waals surface area contributed by atoms with Gasteiger partial charge in [-0.15, -0.1) is 0 Å². The quantitative estimate of drug-likeness (QED) is 0.681. The van der Waals surface area contributed by atoms with E-state index in [1.807, 2.05) is 18.2 Å². The molecule has 0 saturated heterocycles. The summed E-state index contributed by atoms with van der Waals surface area (Å²) in [5, 5.41) is 0. The summed E-state index contributed by atoms with van der Waals surface area (Å²) in [7, 11) is 0. The SMILES string of the molecule is Nc1ccccc1C1CCC(F)CC1. The van der Waals surface area contributed by atoms with Crippen molar-refractivity contribution in [2.24, 2.45) is 0 Å². The van der Waals surface area contributed by atoms with Crippen LogP contribution in [0, 0.1) is 0 Å². The number of benzene rings is 1. The summed E-state index contributed by atoms with van der Waals surface area (Å²) in [6, 6.07) is 7.95. The molecular weight excluding hydrogens is 177 g/mol. The smallest absolute Gasteiger partial charge is 0.100 e. The molecule has 1 fully saturated rings. The molecule has 14 heavy (non-hydrogen) atoms. The van der Waals surface area contributed by atoms with Crippen molar-refractivity contribution in [1.82, 2.24) is 0 Å². The molecule has 1 aromatic carbocycles. The number of halogens is 1.